The molecule has 0 saturated carbocycles. The van der Waals surface area contributed by atoms with Crippen LogP contribution in [0.3, 0.4) is 0 Å². The number of hydrogen-bond donors (Lipinski definition) is 3. The minimum atomic E-state index is -0.107. The summed E-state index contributed by atoms with van der Waals surface area (Å²) in [5.74, 6) is 1.13. The van der Waals surface area contributed by atoms with Crippen molar-refractivity contribution in [1.29, 1.82) is 0 Å². The summed E-state index contributed by atoms with van der Waals surface area (Å²) in [5.41, 5.74) is 2.01. The van der Waals surface area contributed by atoms with Crippen molar-refractivity contribution < 1.29 is 9.53 Å². The lowest BCUT2D eigenvalue weighted by Crippen LogP contribution is -2.42. The van der Waals surface area contributed by atoms with E-state index in [1.807, 2.05) is 24.3 Å². The molecule has 0 aliphatic carbocycles. The fourth-order valence-electron chi connectivity index (χ4n) is 2.12. The second-order valence-corrected chi connectivity index (χ2v) is 6.25. The summed E-state index contributed by atoms with van der Waals surface area (Å²) < 4.78 is 5.54. The average Bonchev–Trinajstić information content (AvgIpc) is 2.60. The molecule has 25 heavy (non-hydrogen) atoms. The van der Waals surface area contributed by atoms with Crippen molar-refractivity contribution in [3.05, 3.63) is 29.8 Å². The van der Waals surface area contributed by atoms with Gasteiger partial charge >= 0.3 is 0 Å². The molecule has 0 heterocycles. The van der Waals surface area contributed by atoms with Gasteiger partial charge in [-0.1, -0.05) is 32.9 Å². The highest BCUT2D eigenvalue weighted by atomic mass is 16.5. The maximum Gasteiger partial charge on any atom is 0.243 e. The molecule has 0 aliphatic heterocycles. The Balaban J connectivity index is 2.23. The first kappa shape index (κ1) is 21.0. The fourth-order valence-corrected chi connectivity index (χ4v) is 2.12. The van der Waals surface area contributed by atoms with E-state index in [-0.39, 0.29) is 12.5 Å². The molecule has 1 aromatic carbocycles. The van der Waals surface area contributed by atoms with Gasteiger partial charge in [0.05, 0.1) is 13.2 Å². The number of carbonyl (C=O) groups is 1. The highest BCUT2D eigenvalue weighted by molar-refractivity contribution is 5.95. The van der Waals surface area contributed by atoms with Gasteiger partial charge in [0, 0.05) is 25.9 Å². The minimum Gasteiger partial charge on any atom is -0.380 e. The second kappa shape index (κ2) is 12.3. The minimum absolute atomic E-state index is 0.107. The van der Waals surface area contributed by atoms with Gasteiger partial charge in [0.25, 0.3) is 0 Å². The van der Waals surface area contributed by atoms with Gasteiger partial charge in [0.1, 0.15) is 0 Å². The van der Waals surface area contributed by atoms with Gasteiger partial charge < -0.3 is 20.7 Å². The second-order valence-electron chi connectivity index (χ2n) is 6.25. The third-order valence-electron chi connectivity index (χ3n) is 3.64. The Kier molecular flexibility index (Phi) is 10.3. The number of carbonyl (C=O) groups excluding carboxylic acids is 1. The lowest BCUT2D eigenvalue weighted by atomic mass is 10.1. The topological polar surface area (TPSA) is 74.8 Å². The van der Waals surface area contributed by atoms with Crippen LogP contribution in [0, 0.1) is 5.92 Å². The molecule has 0 saturated heterocycles. The molecule has 0 fully saturated rings. The van der Waals surface area contributed by atoms with Crippen LogP contribution in [0.15, 0.2) is 29.3 Å². The zero-order valence-corrected chi connectivity index (χ0v) is 15.9. The van der Waals surface area contributed by atoms with Crippen LogP contribution >= 0.6 is 0 Å². The van der Waals surface area contributed by atoms with Crippen molar-refractivity contribution in [2.45, 2.75) is 33.6 Å². The molecule has 1 amide bonds. The maximum absolute atomic E-state index is 12.0. The number of rotatable bonds is 10. The van der Waals surface area contributed by atoms with E-state index in [9.17, 15) is 4.79 Å². The molecule has 0 radical (unpaired) electrons. The van der Waals surface area contributed by atoms with Gasteiger partial charge in [-0.25, -0.2) is 0 Å². The Morgan fingerprint density at radius 1 is 1.24 bits per heavy atom. The molecule has 3 N–H and O–H groups in total. The number of guanidine groups is 1. The number of nitrogens with zero attached hydrogens (tertiary/aromatic N) is 1. The van der Waals surface area contributed by atoms with Gasteiger partial charge in [0.2, 0.25) is 5.91 Å². The summed E-state index contributed by atoms with van der Waals surface area (Å²) in [7, 11) is 1.68. The number of nitrogens with one attached hydrogen (secondary N) is 3. The number of benzene rings is 1. The zero-order chi connectivity index (χ0) is 18.5. The number of aliphatic imine (C=N–C) groups is 1. The van der Waals surface area contributed by atoms with Crippen LogP contribution in [0.4, 0.5) is 5.69 Å². The van der Waals surface area contributed by atoms with E-state index in [0.717, 1.165) is 25.1 Å². The number of aryl methyl sites for hydroxylation is 1. The molecule has 6 nitrogen and oxygen atoms in total. The molecule has 1 rings (SSSR count). The van der Waals surface area contributed by atoms with Gasteiger partial charge in [-0.15, -0.1) is 0 Å². The van der Waals surface area contributed by atoms with E-state index in [1.165, 1.54) is 5.56 Å². The van der Waals surface area contributed by atoms with Crippen molar-refractivity contribution in [2.24, 2.45) is 10.9 Å². The number of hydrogen-bond acceptors (Lipinski definition) is 3. The lowest BCUT2D eigenvalue weighted by Gasteiger charge is -2.13. The quantitative estimate of drug-likeness (QED) is 0.345. The van der Waals surface area contributed by atoms with E-state index in [4.69, 9.17) is 4.74 Å². The first-order valence-corrected chi connectivity index (χ1v) is 8.96. The monoisotopic (exact) mass is 348 g/mol. The van der Waals surface area contributed by atoms with Gasteiger partial charge in [-0.3, -0.25) is 9.79 Å². The van der Waals surface area contributed by atoms with Crippen molar-refractivity contribution in [3.8, 4) is 0 Å². The van der Waals surface area contributed by atoms with Crippen LogP contribution in [0.1, 0.15) is 32.8 Å². The SMILES string of the molecule is CCc1cccc(NC(=O)CNC(=NC)NCCOCCC(C)C)c1. The van der Waals surface area contributed by atoms with Crippen LogP contribution in [0.2, 0.25) is 0 Å². The van der Waals surface area contributed by atoms with Gasteiger partial charge in [-0.2, -0.15) is 0 Å². The molecular formula is C19H32N4O2. The summed E-state index contributed by atoms with van der Waals surface area (Å²) in [6.07, 6.45) is 2.00. The van der Waals surface area contributed by atoms with E-state index >= 15 is 0 Å². The highest BCUT2D eigenvalue weighted by Crippen LogP contribution is 2.10. The fraction of sp³-hybridized carbons (Fsp3) is 0.579. The van der Waals surface area contributed by atoms with Crippen molar-refractivity contribution in [3.63, 3.8) is 0 Å². The molecule has 0 atom stereocenters. The van der Waals surface area contributed by atoms with Crippen molar-refractivity contribution in [1.82, 2.24) is 10.6 Å². The molecule has 6 heteroatoms. The standard InChI is InChI=1S/C19H32N4O2/c1-5-16-7-6-8-17(13-16)23-18(24)14-22-19(20-4)21-10-12-25-11-9-15(2)3/h6-8,13,15H,5,9-12,14H2,1-4H3,(H,23,24)(H2,20,21,22). The zero-order valence-electron chi connectivity index (χ0n) is 15.9. The average molecular weight is 348 g/mol. The predicted octanol–water partition coefficient (Wildman–Crippen LogP) is 2.42. The summed E-state index contributed by atoms with van der Waals surface area (Å²) >= 11 is 0. The first-order chi connectivity index (χ1) is 12.0. The van der Waals surface area contributed by atoms with Crippen LogP contribution in [-0.2, 0) is 16.0 Å². The molecule has 1 aromatic rings. The van der Waals surface area contributed by atoms with E-state index in [1.54, 1.807) is 7.05 Å². The van der Waals surface area contributed by atoms with Crippen LogP contribution in [0.25, 0.3) is 0 Å². The van der Waals surface area contributed by atoms with Gasteiger partial charge in [-0.05, 0) is 36.5 Å². The molecule has 0 spiro atoms. The Morgan fingerprint density at radius 3 is 2.72 bits per heavy atom. The number of amides is 1. The summed E-state index contributed by atoms with van der Waals surface area (Å²) in [5, 5.41) is 9.01. The molecular weight excluding hydrogens is 316 g/mol. The largest absolute Gasteiger partial charge is 0.380 e. The lowest BCUT2D eigenvalue weighted by molar-refractivity contribution is -0.115. The van der Waals surface area contributed by atoms with Crippen molar-refractivity contribution >= 4 is 17.6 Å². The third kappa shape index (κ3) is 9.72. The molecule has 0 unspecified atom stereocenters. The first-order valence-electron chi connectivity index (χ1n) is 8.96. The summed E-state index contributed by atoms with van der Waals surface area (Å²) in [4.78, 5) is 16.1. The summed E-state index contributed by atoms with van der Waals surface area (Å²) in [6, 6.07) is 7.86. The summed E-state index contributed by atoms with van der Waals surface area (Å²) in [6.45, 7) is 8.63. The highest BCUT2D eigenvalue weighted by Gasteiger charge is 2.04. The molecule has 0 aromatic heterocycles. The van der Waals surface area contributed by atoms with Crippen molar-refractivity contribution in [2.75, 3.05) is 38.7 Å². The predicted molar refractivity (Wildman–Crippen MR) is 104 cm³/mol. The van der Waals surface area contributed by atoms with E-state index in [2.05, 4.69) is 41.7 Å². The smallest absolute Gasteiger partial charge is 0.243 e. The van der Waals surface area contributed by atoms with E-state index in [0.29, 0.717) is 25.0 Å². The Bertz CT molecular complexity index is 544. The number of ether oxygens (including phenoxy) is 1. The van der Waals surface area contributed by atoms with Crippen LogP contribution in [0.5, 0.6) is 0 Å². The molecule has 140 valence electrons. The molecule has 0 aliphatic rings. The van der Waals surface area contributed by atoms with Gasteiger partial charge in [0.15, 0.2) is 5.96 Å². The number of anilines is 1. The maximum atomic E-state index is 12.0. The van der Waals surface area contributed by atoms with Crippen LogP contribution < -0.4 is 16.0 Å². The Morgan fingerprint density at radius 2 is 2.04 bits per heavy atom. The third-order valence-corrected chi connectivity index (χ3v) is 3.64. The Labute approximate surface area is 151 Å². The van der Waals surface area contributed by atoms with E-state index < -0.39 is 0 Å². The normalized spacial score (nSPS) is 11.5. The Hall–Kier alpha value is -2.08. The molecule has 0 bridgehead atoms. The van der Waals surface area contributed by atoms with Crippen LogP contribution in [-0.4, -0.2) is 45.2 Å².